The number of allylic oxidation sites excluding steroid dienone is 3. The summed E-state index contributed by atoms with van der Waals surface area (Å²) in [6, 6.07) is 46.0. The molecule has 1 saturated carbocycles. The number of anilines is 3. The van der Waals surface area contributed by atoms with Crippen molar-refractivity contribution in [1.82, 2.24) is 0 Å². The molecule has 0 atom stereocenters. The van der Waals surface area contributed by atoms with E-state index in [1.807, 2.05) is 20.8 Å². The van der Waals surface area contributed by atoms with Crippen LogP contribution in [-0.2, 0) is 30.1 Å². The van der Waals surface area contributed by atoms with Crippen LogP contribution in [0, 0.1) is 20.8 Å². The molecule has 0 radical (unpaired) electrons. The van der Waals surface area contributed by atoms with E-state index in [0.717, 1.165) is 16.7 Å². The van der Waals surface area contributed by atoms with Gasteiger partial charge in [0.1, 0.15) is 0 Å². The van der Waals surface area contributed by atoms with Crippen LogP contribution in [0.25, 0.3) is 0 Å². The van der Waals surface area contributed by atoms with Gasteiger partial charge in [-0.05, 0) is 130 Å². The van der Waals surface area contributed by atoms with Gasteiger partial charge in [-0.2, -0.15) is 0 Å². The maximum Gasteiger partial charge on any atom is 0.268 e. The summed E-state index contributed by atoms with van der Waals surface area (Å²) in [6.45, 7) is 5.64. The fraction of sp³-hybridized carbons (Fsp3) is 0.125. The summed E-state index contributed by atoms with van der Waals surface area (Å²) in [7, 11) is -12.5. The fourth-order valence-corrected chi connectivity index (χ4v) is 11.1. The first-order valence-corrected chi connectivity index (χ1v) is 23.6. The van der Waals surface area contributed by atoms with Crippen LogP contribution in [0.15, 0.2) is 214 Å². The third-order valence-electron chi connectivity index (χ3n) is 10.0. The van der Waals surface area contributed by atoms with Gasteiger partial charge in [-0.25, -0.2) is 38.2 Å². The van der Waals surface area contributed by atoms with Gasteiger partial charge in [0.25, 0.3) is 30.1 Å². The predicted octanol–water partition coefficient (Wildman–Crippen LogP) is 10.4. The Morgan fingerprint density at radius 3 is 0.767 bits per heavy atom. The van der Waals surface area contributed by atoms with E-state index in [0.29, 0.717) is 33.8 Å². The second kappa shape index (κ2) is 17.6. The van der Waals surface area contributed by atoms with Crippen LogP contribution in [0.2, 0.25) is 0 Å². The lowest BCUT2D eigenvalue weighted by Gasteiger charge is -2.29. The molecule has 1 aliphatic carbocycles. The highest BCUT2D eigenvalue weighted by Gasteiger charge is 2.30. The van der Waals surface area contributed by atoms with Gasteiger partial charge in [-0.3, -0.25) is 0 Å². The molecule has 0 heterocycles. The Bertz CT molecular complexity index is 2550. The van der Waals surface area contributed by atoms with Gasteiger partial charge in [-0.1, -0.05) is 108 Å². The molecule has 0 amide bonds. The van der Waals surface area contributed by atoms with E-state index in [9.17, 15) is 25.3 Å². The Balaban J connectivity index is 1.43. The van der Waals surface area contributed by atoms with Crippen molar-refractivity contribution in [2.24, 2.45) is 0 Å². The summed E-state index contributed by atoms with van der Waals surface area (Å²) in [4.78, 5) is 0.278. The van der Waals surface area contributed by atoms with Gasteiger partial charge < -0.3 is 0 Å². The summed E-state index contributed by atoms with van der Waals surface area (Å²) < 4.78 is 90.8. The van der Waals surface area contributed by atoms with Crippen molar-refractivity contribution in [3.63, 3.8) is 0 Å². The standard InChI is InChI=1S/C48H45N3O6S3/c1-37-19-25-46(26-20-37)58(52,53)49(43-13-7-4-8-14-43)34-40-31-41(35-50(44-15-9-5-10-16-44)59(54,55)47-27-21-38(2)22-28-47)33-42(32-40)36-51(45-17-11-6-12-18-45)60(56,57)48-29-23-39(3)24-30-48/h4-30,34-36H,31-33H2,1-3H3. The Morgan fingerprint density at radius 1 is 0.333 bits per heavy atom. The van der Waals surface area contributed by atoms with Gasteiger partial charge >= 0.3 is 0 Å². The summed E-state index contributed by atoms with van der Waals surface area (Å²) in [6.07, 6.45) is 5.29. The van der Waals surface area contributed by atoms with Crippen molar-refractivity contribution in [3.05, 3.63) is 216 Å². The van der Waals surface area contributed by atoms with Crippen molar-refractivity contribution in [1.29, 1.82) is 0 Å². The number of hydrogen-bond acceptors (Lipinski definition) is 6. The summed E-state index contributed by atoms with van der Waals surface area (Å²) >= 11 is 0. The first kappa shape index (κ1) is 41.9. The van der Waals surface area contributed by atoms with E-state index in [2.05, 4.69) is 0 Å². The Hall–Kier alpha value is -6.21. The van der Waals surface area contributed by atoms with Crippen molar-refractivity contribution in [3.8, 4) is 0 Å². The van der Waals surface area contributed by atoms with Crippen molar-refractivity contribution in [2.45, 2.75) is 54.7 Å². The highest BCUT2D eigenvalue weighted by molar-refractivity contribution is 7.93. The molecule has 0 aliphatic heterocycles. The Morgan fingerprint density at radius 2 is 0.550 bits per heavy atom. The SMILES string of the molecule is Cc1ccc(S(=O)(=O)N(C=C2CC(=CN(c3ccccc3)S(=O)(=O)c3ccc(C)cc3)CC(=CN(c3ccccc3)S(=O)(=O)c3ccc(C)cc3)C2)c2ccccc2)cc1. The molecule has 0 spiro atoms. The Labute approximate surface area is 354 Å². The number of para-hydroxylation sites is 3. The van der Waals surface area contributed by atoms with Crippen LogP contribution >= 0.6 is 0 Å². The molecule has 60 heavy (non-hydrogen) atoms. The molecule has 0 unspecified atom stereocenters. The number of hydrogen-bond donors (Lipinski definition) is 0. The van der Waals surface area contributed by atoms with Crippen molar-refractivity contribution < 1.29 is 25.3 Å². The molecule has 6 aromatic rings. The number of rotatable bonds is 12. The van der Waals surface area contributed by atoms with Crippen LogP contribution in [0.1, 0.15) is 36.0 Å². The minimum atomic E-state index is -4.16. The van der Waals surface area contributed by atoms with Crippen LogP contribution in [0.4, 0.5) is 17.1 Å². The van der Waals surface area contributed by atoms with E-state index in [1.54, 1.807) is 182 Å². The van der Waals surface area contributed by atoms with Gasteiger partial charge in [0.2, 0.25) is 0 Å². The zero-order valence-electron chi connectivity index (χ0n) is 33.5. The van der Waals surface area contributed by atoms with Crippen LogP contribution in [0.5, 0.6) is 0 Å². The highest BCUT2D eigenvalue weighted by Crippen LogP contribution is 2.38. The highest BCUT2D eigenvalue weighted by atomic mass is 32.2. The lowest BCUT2D eigenvalue weighted by molar-refractivity contribution is 0.594. The largest absolute Gasteiger partial charge is 0.268 e. The maximum absolute atomic E-state index is 14.5. The Kier molecular flexibility index (Phi) is 12.3. The van der Waals surface area contributed by atoms with Gasteiger partial charge in [-0.15, -0.1) is 0 Å². The maximum atomic E-state index is 14.5. The number of sulfonamides is 3. The molecular formula is C48H45N3O6S3. The average Bonchev–Trinajstić information content (AvgIpc) is 3.25. The molecule has 0 bridgehead atoms. The normalized spacial score (nSPS) is 13.3. The second-order valence-corrected chi connectivity index (χ2v) is 20.2. The first-order valence-electron chi connectivity index (χ1n) is 19.3. The predicted molar refractivity (Wildman–Crippen MR) is 240 cm³/mol. The minimum absolute atomic E-state index is 0.0926. The molecule has 6 aromatic carbocycles. The summed E-state index contributed by atoms with van der Waals surface area (Å²) in [5, 5.41) is 0. The minimum Gasteiger partial charge on any atom is -0.242 e. The van der Waals surface area contributed by atoms with Gasteiger partial charge in [0.15, 0.2) is 0 Å². The fourth-order valence-electron chi connectivity index (χ4n) is 6.88. The summed E-state index contributed by atoms with van der Waals surface area (Å²) in [5.41, 5.74) is 5.74. The first-order chi connectivity index (χ1) is 28.7. The molecule has 7 rings (SSSR count). The molecule has 12 heteroatoms. The van der Waals surface area contributed by atoms with E-state index >= 15 is 0 Å². The van der Waals surface area contributed by atoms with E-state index in [4.69, 9.17) is 0 Å². The van der Waals surface area contributed by atoms with E-state index < -0.39 is 30.1 Å². The molecule has 0 aromatic heterocycles. The van der Waals surface area contributed by atoms with E-state index in [1.165, 1.54) is 12.9 Å². The average molecular weight is 856 g/mol. The van der Waals surface area contributed by atoms with Crippen LogP contribution in [0.3, 0.4) is 0 Å². The zero-order valence-corrected chi connectivity index (χ0v) is 35.9. The quantitative estimate of drug-likeness (QED) is 0.121. The zero-order chi connectivity index (χ0) is 42.5. The lowest BCUT2D eigenvalue weighted by atomic mass is 9.87. The molecule has 1 aliphatic rings. The summed E-state index contributed by atoms with van der Waals surface area (Å²) in [5.74, 6) is 0. The molecule has 306 valence electrons. The lowest BCUT2D eigenvalue weighted by Crippen LogP contribution is -2.29. The van der Waals surface area contributed by atoms with Crippen LogP contribution in [-0.4, -0.2) is 25.3 Å². The van der Waals surface area contributed by atoms with Gasteiger partial charge in [0.05, 0.1) is 31.7 Å². The second-order valence-electron chi connectivity index (χ2n) is 14.7. The molecule has 0 N–H and O–H groups in total. The molecule has 9 nitrogen and oxygen atoms in total. The third-order valence-corrected chi connectivity index (χ3v) is 15.1. The molecule has 1 fully saturated rings. The number of benzene rings is 6. The number of nitrogens with zero attached hydrogens (tertiary/aromatic N) is 3. The van der Waals surface area contributed by atoms with Crippen molar-refractivity contribution >= 4 is 47.1 Å². The van der Waals surface area contributed by atoms with Gasteiger partial charge in [0, 0.05) is 18.6 Å². The smallest absolute Gasteiger partial charge is 0.242 e. The van der Waals surface area contributed by atoms with Crippen molar-refractivity contribution in [2.75, 3.05) is 12.9 Å². The van der Waals surface area contributed by atoms with E-state index in [-0.39, 0.29) is 33.9 Å². The number of aryl methyl sites for hydroxylation is 3. The third kappa shape index (κ3) is 9.31. The topological polar surface area (TPSA) is 112 Å². The van der Waals surface area contributed by atoms with Crippen LogP contribution < -0.4 is 12.9 Å². The molecule has 0 saturated heterocycles. The monoisotopic (exact) mass is 855 g/mol. The molecular weight excluding hydrogens is 811 g/mol.